The zero-order valence-corrected chi connectivity index (χ0v) is 11.9. The molecule has 0 spiro atoms. The number of rotatable bonds is 2. The van der Waals surface area contributed by atoms with Crippen LogP contribution in [0.2, 0.25) is 0 Å². The van der Waals surface area contributed by atoms with Crippen molar-refractivity contribution in [2.45, 2.75) is 6.92 Å². The standard InChI is InChI=1S/C15H11F2N3S/c1-8-5-12(17)10(6-11(8)16)13-7-21-15(20-13)9-3-2-4-19-14(9)18/h2-7H,1H3,(H2,18,19). The van der Waals surface area contributed by atoms with Gasteiger partial charge in [-0.15, -0.1) is 11.3 Å². The number of aromatic nitrogens is 2. The molecular weight excluding hydrogens is 292 g/mol. The molecule has 0 atom stereocenters. The lowest BCUT2D eigenvalue weighted by Crippen LogP contribution is -1.93. The average Bonchev–Trinajstić information content (AvgIpc) is 2.92. The minimum absolute atomic E-state index is 0.142. The van der Waals surface area contributed by atoms with Crippen LogP contribution in [-0.2, 0) is 0 Å². The Morgan fingerprint density at radius 2 is 1.95 bits per heavy atom. The molecule has 0 saturated heterocycles. The molecule has 3 aromatic rings. The highest BCUT2D eigenvalue weighted by atomic mass is 32.1. The second kappa shape index (κ2) is 5.21. The molecule has 0 aliphatic heterocycles. The molecule has 0 unspecified atom stereocenters. The minimum atomic E-state index is -0.495. The molecule has 2 aromatic heterocycles. The Labute approximate surface area is 124 Å². The maximum Gasteiger partial charge on any atom is 0.133 e. The van der Waals surface area contributed by atoms with Crippen LogP contribution in [-0.4, -0.2) is 9.97 Å². The van der Waals surface area contributed by atoms with Crippen molar-refractivity contribution in [3.8, 4) is 21.8 Å². The number of thiazole rings is 1. The maximum atomic E-state index is 14.0. The van der Waals surface area contributed by atoms with Gasteiger partial charge < -0.3 is 5.73 Å². The van der Waals surface area contributed by atoms with Gasteiger partial charge in [0.1, 0.15) is 22.5 Å². The topological polar surface area (TPSA) is 51.8 Å². The summed E-state index contributed by atoms with van der Waals surface area (Å²) in [7, 11) is 0. The number of nitrogens with zero attached hydrogens (tertiary/aromatic N) is 2. The van der Waals surface area contributed by atoms with Crippen LogP contribution >= 0.6 is 11.3 Å². The van der Waals surface area contributed by atoms with Crippen molar-refractivity contribution in [3.63, 3.8) is 0 Å². The van der Waals surface area contributed by atoms with Crippen molar-refractivity contribution >= 4 is 17.2 Å². The van der Waals surface area contributed by atoms with Crippen molar-refractivity contribution in [1.82, 2.24) is 9.97 Å². The van der Waals surface area contributed by atoms with Crippen LogP contribution in [0.1, 0.15) is 5.56 Å². The molecule has 6 heteroatoms. The summed E-state index contributed by atoms with van der Waals surface area (Å²) >= 11 is 1.31. The molecule has 106 valence electrons. The summed E-state index contributed by atoms with van der Waals surface area (Å²) in [5.41, 5.74) is 7.27. The monoisotopic (exact) mass is 303 g/mol. The van der Waals surface area contributed by atoms with Crippen molar-refractivity contribution in [2.24, 2.45) is 0 Å². The smallest absolute Gasteiger partial charge is 0.133 e. The fourth-order valence-electron chi connectivity index (χ4n) is 1.96. The maximum absolute atomic E-state index is 14.0. The van der Waals surface area contributed by atoms with Gasteiger partial charge in [0.25, 0.3) is 0 Å². The van der Waals surface area contributed by atoms with Crippen LogP contribution in [0.5, 0.6) is 0 Å². The van der Waals surface area contributed by atoms with Crippen LogP contribution in [0.25, 0.3) is 21.8 Å². The van der Waals surface area contributed by atoms with Gasteiger partial charge in [0.15, 0.2) is 0 Å². The number of nitrogen functional groups attached to an aromatic ring is 1. The summed E-state index contributed by atoms with van der Waals surface area (Å²) < 4.78 is 27.6. The van der Waals surface area contributed by atoms with Crippen LogP contribution in [0.4, 0.5) is 14.6 Å². The third kappa shape index (κ3) is 2.50. The molecule has 0 bridgehead atoms. The summed E-state index contributed by atoms with van der Waals surface area (Å²) in [4.78, 5) is 8.33. The fraction of sp³-hybridized carbons (Fsp3) is 0.0667. The number of anilines is 1. The van der Waals surface area contributed by atoms with E-state index in [1.54, 1.807) is 23.7 Å². The Bertz CT molecular complexity index is 814. The first-order chi connectivity index (χ1) is 10.1. The number of pyridine rings is 1. The Morgan fingerprint density at radius 3 is 2.71 bits per heavy atom. The number of hydrogen-bond donors (Lipinski definition) is 1. The van der Waals surface area contributed by atoms with Gasteiger partial charge >= 0.3 is 0 Å². The number of halogens is 2. The highest BCUT2D eigenvalue weighted by Crippen LogP contribution is 2.32. The minimum Gasteiger partial charge on any atom is -0.383 e. The third-order valence-electron chi connectivity index (χ3n) is 3.10. The van der Waals surface area contributed by atoms with E-state index in [9.17, 15) is 8.78 Å². The summed E-state index contributed by atoms with van der Waals surface area (Å²) in [5, 5.41) is 2.30. The number of benzene rings is 1. The zero-order chi connectivity index (χ0) is 15.0. The lowest BCUT2D eigenvalue weighted by Gasteiger charge is -2.03. The van der Waals surface area contributed by atoms with E-state index in [1.807, 2.05) is 0 Å². The highest BCUT2D eigenvalue weighted by Gasteiger charge is 2.14. The lowest BCUT2D eigenvalue weighted by molar-refractivity contribution is 0.595. The van der Waals surface area contributed by atoms with Gasteiger partial charge in [-0.25, -0.2) is 18.7 Å². The number of nitrogens with two attached hydrogens (primary N) is 1. The Morgan fingerprint density at radius 1 is 1.14 bits per heavy atom. The van der Waals surface area contributed by atoms with Crippen LogP contribution in [0.15, 0.2) is 35.8 Å². The molecule has 3 nitrogen and oxygen atoms in total. The van der Waals surface area contributed by atoms with Crippen molar-refractivity contribution < 1.29 is 8.78 Å². The Kier molecular flexibility index (Phi) is 3.39. The molecule has 0 fully saturated rings. The Hall–Kier alpha value is -2.34. The lowest BCUT2D eigenvalue weighted by atomic mass is 10.1. The molecule has 1 aromatic carbocycles. The second-order valence-corrected chi connectivity index (χ2v) is 5.41. The summed E-state index contributed by atoms with van der Waals surface area (Å²) in [6.07, 6.45) is 1.59. The van der Waals surface area contributed by atoms with Gasteiger partial charge in [0.05, 0.1) is 11.3 Å². The molecule has 0 amide bonds. The van der Waals surface area contributed by atoms with E-state index in [0.29, 0.717) is 22.1 Å². The van der Waals surface area contributed by atoms with Gasteiger partial charge in [0, 0.05) is 17.1 Å². The third-order valence-corrected chi connectivity index (χ3v) is 3.97. The van der Waals surface area contributed by atoms with E-state index in [4.69, 9.17) is 5.73 Å². The average molecular weight is 303 g/mol. The van der Waals surface area contributed by atoms with Crippen LogP contribution in [0.3, 0.4) is 0 Å². The molecule has 0 aliphatic rings. The quantitative estimate of drug-likeness (QED) is 0.777. The molecule has 2 N–H and O–H groups in total. The van der Waals surface area contributed by atoms with E-state index in [0.717, 1.165) is 6.07 Å². The van der Waals surface area contributed by atoms with E-state index >= 15 is 0 Å². The van der Waals surface area contributed by atoms with Gasteiger partial charge in [-0.2, -0.15) is 0 Å². The molecular formula is C15H11F2N3S. The number of hydrogen-bond acceptors (Lipinski definition) is 4. The first kappa shape index (κ1) is 13.6. The van der Waals surface area contributed by atoms with E-state index < -0.39 is 11.6 Å². The second-order valence-electron chi connectivity index (χ2n) is 4.56. The predicted octanol–water partition coefficient (Wildman–Crippen LogP) is 4.04. The van der Waals surface area contributed by atoms with Gasteiger partial charge in [-0.3, -0.25) is 0 Å². The van der Waals surface area contributed by atoms with Crippen LogP contribution in [0, 0.1) is 18.6 Å². The van der Waals surface area contributed by atoms with Gasteiger partial charge in [-0.1, -0.05) is 0 Å². The van der Waals surface area contributed by atoms with Crippen molar-refractivity contribution in [2.75, 3.05) is 5.73 Å². The van der Waals surface area contributed by atoms with E-state index in [2.05, 4.69) is 9.97 Å². The molecule has 0 saturated carbocycles. The largest absolute Gasteiger partial charge is 0.383 e. The van der Waals surface area contributed by atoms with Crippen molar-refractivity contribution in [3.05, 3.63) is 53.0 Å². The molecule has 2 heterocycles. The van der Waals surface area contributed by atoms with E-state index in [1.165, 1.54) is 24.3 Å². The summed E-state index contributed by atoms with van der Waals surface area (Å²) in [5.74, 6) is -0.597. The molecule has 3 rings (SSSR count). The zero-order valence-electron chi connectivity index (χ0n) is 11.1. The fourth-order valence-corrected chi connectivity index (χ4v) is 2.82. The van der Waals surface area contributed by atoms with Gasteiger partial charge in [-0.05, 0) is 36.8 Å². The predicted molar refractivity (Wildman–Crippen MR) is 79.8 cm³/mol. The first-order valence-electron chi connectivity index (χ1n) is 6.18. The van der Waals surface area contributed by atoms with Crippen LogP contribution < -0.4 is 5.73 Å². The summed E-state index contributed by atoms with van der Waals surface area (Å²) in [6, 6.07) is 5.87. The molecule has 0 radical (unpaired) electrons. The molecule has 0 aliphatic carbocycles. The normalized spacial score (nSPS) is 10.8. The summed E-state index contributed by atoms with van der Waals surface area (Å²) in [6.45, 7) is 1.52. The van der Waals surface area contributed by atoms with Crippen molar-refractivity contribution in [1.29, 1.82) is 0 Å². The number of aryl methyl sites for hydroxylation is 1. The SMILES string of the molecule is Cc1cc(F)c(-c2csc(-c3cccnc3N)n2)cc1F. The van der Waals surface area contributed by atoms with Gasteiger partial charge in [0.2, 0.25) is 0 Å². The highest BCUT2D eigenvalue weighted by molar-refractivity contribution is 7.13. The Balaban J connectivity index is 2.07. The first-order valence-corrected chi connectivity index (χ1v) is 7.06. The molecule has 21 heavy (non-hydrogen) atoms. The van der Waals surface area contributed by atoms with E-state index in [-0.39, 0.29) is 11.1 Å².